The Morgan fingerprint density at radius 1 is 1.48 bits per heavy atom. The van der Waals surface area contributed by atoms with Crippen LogP contribution in [-0.2, 0) is 16.0 Å². The van der Waals surface area contributed by atoms with Gasteiger partial charge in [0.1, 0.15) is 5.75 Å². The van der Waals surface area contributed by atoms with Crippen molar-refractivity contribution in [1.29, 1.82) is 0 Å². The van der Waals surface area contributed by atoms with Crippen LogP contribution < -0.4 is 5.73 Å². The first-order valence-electron chi connectivity index (χ1n) is 7.46. The van der Waals surface area contributed by atoms with Gasteiger partial charge in [-0.1, -0.05) is 19.1 Å². The molecule has 0 aromatic heterocycles. The zero-order chi connectivity index (χ0) is 15.4. The lowest BCUT2D eigenvalue weighted by molar-refractivity contribution is -0.145. The molecular formula is C16H24N2O3. The number of nitrogens with zero attached hydrogens (tertiary/aromatic N) is 1. The van der Waals surface area contributed by atoms with E-state index in [1.165, 1.54) is 0 Å². The molecule has 5 nitrogen and oxygen atoms in total. The molecule has 2 rings (SSSR count). The van der Waals surface area contributed by atoms with Crippen molar-refractivity contribution in [3.63, 3.8) is 0 Å². The number of amides is 1. The maximum absolute atomic E-state index is 12.6. The fourth-order valence-electron chi connectivity index (χ4n) is 2.64. The monoisotopic (exact) mass is 292 g/mol. The number of rotatable bonds is 4. The second kappa shape index (κ2) is 6.91. The summed E-state index contributed by atoms with van der Waals surface area (Å²) in [6.45, 7) is 5.20. The lowest BCUT2D eigenvalue weighted by Gasteiger charge is -2.39. The molecule has 0 saturated carbocycles. The quantitative estimate of drug-likeness (QED) is 0.877. The van der Waals surface area contributed by atoms with Crippen molar-refractivity contribution in [2.75, 3.05) is 13.2 Å². The van der Waals surface area contributed by atoms with Crippen LogP contribution >= 0.6 is 0 Å². The zero-order valence-electron chi connectivity index (χ0n) is 12.7. The highest BCUT2D eigenvalue weighted by molar-refractivity contribution is 5.82. The number of carbonyl (C=O) groups excluding carboxylic acids is 1. The normalized spacial score (nSPS) is 23.9. The molecule has 1 saturated heterocycles. The Balaban J connectivity index is 2.01. The molecule has 0 bridgehead atoms. The Kier molecular flexibility index (Phi) is 5.20. The number of phenolic OH excluding ortho intramolecular Hbond substituents is 1. The van der Waals surface area contributed by atoms with Gasteiger partial charge in [-0.15, -0.1) is 0 Å². The predicted octanol–water partition coefficient (Wildman–Crippen LogP) is 1.29. The van der Waals surface area contributed by atoms with E-state index >= 15 is 0 Å². The predicted molar refractivity (Wildman–Crippen MR) is 81.0 cm³/mol. The molecule has 3 N–H and O–H groups in total. The third-order valence-electron chi connectivity index (χ3n) is 3.93. The molecular weight excluding hydrogens is 268 g/mol. The summed E-state index contributed by atoms with van der Waals surface area (Å²) in [5.74, 6) is 0.191. The Morgan fingerprint density at radius 2 is 2.14 bits per heavy atom. The molecule has 3 atom stereocenters. The maximum atomic E-state index is 12.6. The van der Waals surface area contributed by atoms with Gasteiger partial charge in [0, 0.05) is 6.54 Å². The van der Waals surface area contributed by atoms with Crippen LogP contribution in [-0.4, -0.2) is 47.3 Å². The number of carbonyl (C=O) groups is 1. The summed E-state index contributed by atoms with van der Waals surface area (Å²) >= 11 is 0. The number of nitrogens with two attached hydrogens (primary N) is 1. The van der Waals surface area contributed by atoms with Crippen molar-refractivity contribution in [2.45, 2.75) is 44.9 Å². The molecule has 1 aliphatic heterocycles. The molecule has 0 radical (unpaired) electrons. The number of aromatic hydroxyl groups is 1. The number of phenols is 1. The Labute approximate surface area is 125 Å². The molecule has 116 valence electrons. The van der Waals surface area contributed by atoms with Gasteiger partial charge < -0.3 is 20.5 Å². The summed E-state index contributed by atoms with van der Waals surface area (Å²) in [5, 5.41) is 9.28. The molecule has 0 aliphatic carbocycles. The first-order chi connectivity index (χ1) is 10.0. The summed E-state index contributed by atoms with van der Waals surface area (Å²) in [4.78, 5) is 14.4. The molecule has 1 aromatic carbocycles. The third kappa shape index (κ3) is 3.95. The van der Waals surface area contributed by atoms with E-state index in [0.717, 1.165) is 12.0 Å². The average Bonchev–Trinajstić information content (AvgIpc) is 2.48. The molecule has 1 aromatic rings. The van der Waals surface area contributed by atoms with E-state index < -0.39 is 6.04 Å². The fourth-order valence-corrected chi connectivity index (χ4v) is 2.64. The van der Waals surface area contributed by atoms with E-state index in [-0.39, 0.29) is 23.8 Å². The Hall–Kier alpha value is -1.59. The fraction of sp³-hybridized carbons (Fsp3) is 0.562. The average molecular weight is 292 g/mol. The van der Waals surface area contributed by atoms with Crippen LogP contribution in [0.5, 0.6) is 5.75 Å². The molecule has 2 unspecified atom stereocenters. The van der Waals surface area contributed by atoms with Crippen molar-refractivity contribution >= 4 is 5.91 Å². The summed E-state index contributed by atoms with van der Waals surface area (Å²) in [7, 11) is 0. The van der Waals surface area contributed by atoms with Crippen LogP contribution in [0, 0.1) is 0 Å². The van der Waals surface area contributed by atoms with Gasteiger partial charge in [-0.25, -0.2) is 0 Å². The minimum atomic E-state index is -0.561. The van der Waals surface area contributed by atoms with Crippen LogP contribution in [0.15, 0.2) is 24.3 Å². The van der Waals surface area contributed by atoms with Gasteiger partial charge in [0.2, 0.25) is 5.91 Å². The third-order valence-corrected chi connectivity index (χ3v) is 3.93. The summed E-state index contributed by atoms with van der Waals surface area (Å²) in [6.07, 6.45) is 1.39. The molecule has 1 amide bonds. The molecule has 5 heteroatoms. The van der Waals surface area contributed by atoms with Crippen molar-refractivity contribution < 1.29 is 14.6 Å². The van der Waals surface area contributed by atoms with Crippen molar-refractivity contribution in [3.8, 4) is 5.75 Å². The van der Waals surface area contributed by atoms with E-state index in [9.17, 15) is 9.90 Å². The maximum Gasteiger partial charge on any atom is 0.240 e. The zero-order valence-corrected chi connectivity index (χ0v) is 12.7. The topological polar surface area (TPSA) is 75.8 Å². The molecule has 21 heavy (non-hydrogen) atoms. The number of benzene rings is 1. The molecule has 1 fully saturated rings. The van der Waals surface area contributed by atoms with Gasteiger partial charge in [0.05, 0.1) is 24.8 Å². The van der Waals surface area contributed by atoms with Crippen LogP contribution in [0.4, 0.5) is 0 Å². The van der Waals surface area contributed by atoms with Gasteiger partial charge in [-0.2, -0.15) is 0 Å². The van der Waals surface area contributed by atoms with Gasteiger partial charge in [0.25, 0.3) is 0 Å². The highest BCUT2D eigenvalue weighted by Crippen LogP contribution is 2.17. The first kappa shape index (κ1) is 15.8. The second-order valence-corrected chi connectivity index (χ2v) is 5.67. The largest absolute Gasteiger partial charge is 0.508 e. The summed E-state index contributed by atoms with van der Waals surface area (Å²) < 4.78 is 5.61. The van der Waals surface area contributed by atoms with E-state index in [4.69, 9.17) is 10.5 Å². The van der Waals surface area contributed by atoms with E-state index in [2.05, 4.69) is 6.92 Å². The van der Waals surface area contributed by atoms with Crippen LogP contribution in [0.3, 0.4) is 0 Å². The van der Waals surface area contributed by atoms with E-state index in [0.29, 0.717) is 19.6 Å². The summed E-state index contributed by atoms with van der Waals surface area (Å²) in [5.41, 5.74) is 7.03. The molecule has 1 aliphatic rings. The van der Waals surface area contributed by atoms with Crippen molar-refractivity contribution in [2.24, 2.45) is 5.73 Å². The van der Waals surface area contributed by atoms with Crippen LogP contribution in [0.25, 0.3) is 0 Å². The first-order valence-corrected chi connectivity index (χ1v) is 7.46. The number of morpholine rings is 1. The van der Waals surface area contributed by atoms with E-state index in [1.807, 2.05) is 11.8 Å². The number of hydrogen-bond donors (Lipinski definition) is 2. The van der Waals surface area contributed by atoms with Crippen LogP contribution in [0.2, 0.25) is 0 Å². The van der Waals surface area contributed by atoms with Gasteiger partial charge >= 0.3 is 0 Å². The minimum Gasteiger partial charge on any atom is -0.508 e. The SMILES string of the molecule is CCC1COC(C)CN1C(=O)[C@@H](N)Cc1ccc(O)cc1. The highest BCUT2D eigenvalue weighted by Gasteiger charge is 2.32. The molecule has 1 heterocycles. The van der Waals surface area contributed by atoms with Crippen LogP contribution in [0.1, 0.15) is 25.8 Å². The van der Waals surface area contributed by atoms with E-state index in [1.54, 1.807) is 24.3 Å². The lowest BCUT2D eigenvalue weighted by Crippen LogP contribution is -2.56. The second-order valence-electron chi connectivity index (χ2n) is 5.67. The van der Waals surface area contributed by atoms with Gasteiger partial charge in [0.15, 0.2) is 0 Å². The Bertz CT molecular complexity index is 475. The lowest BCUT2D eigenvalue weighted by atomic mass is 10.0. The standard InChI is InChI=1S/C16H24N2O3/c1-3-13-10-21-11(2)9-18(13)16(20)15(17)8-12-4-6-14(19)7-5-12/h4-7,11,13,15,19H,3,8-10,17H2,1-2H3/t11?,13?,15-/m0/s1. The number of hydrogen-bond acceptors (Lipinski definition) is 4. The Morgan fingerprint density at radius 3 is 2.76 bits per heavy atom. The number of ether oxygens (including phenoxy) is 1. The van der Waals surface area contributed by atoms with Gasteiger partial charge in [-0.05, 0) is 37.5 Å². The van der Waals surface area contributed by atoms with Gasteiger partial charge in [-0.3, -0.25) is 4.79 Å². The summed E-state index contributed by atoms with van der Waals surface area (Å²) in [6, 6.07) is 6.35. The van der Waals surface area contributed by atoms with Crippen molar-refractivity contribution in [1.82, 2.24) is 4.90 Å². The smallest absolute Gasteiger partial charge is 0.240 e. The highest BCUT2D eigenvalue weighted by atomic mass is 16.5. The minimum absolute atomic E-state index is 0.0231. The molecule has 0 spiro atoms. The van der Waals surface area contributed by atoms with Crippen molar-refractivity contribution in [3.05, 3.63) is 29.8 Å².